The Labute approximate surface area is 144 Å². The Morgan fingerprint density at radius 3 is 2.40 bits per heavy atom. The topological polar surface area (TPSA) is 101 Å². The number of carbonyl (C=O) groups is 2. The van der Waals surface area contributed by atoms with Crippen LogP contribution in [0.2, 0.25) is 0 Å². The maximum atomic E-state index is 12.5. The predicted octanol–water partition coefficient (Wildman–Crippen LogP) is 0.910. The molecule has 0 spiro atoms. The number of amides is 2. The molecule has 1 saturated heterocycles. The second kappa shape index (κ2) is 6.67. The normalized spacial score (nSPS) is 14.8. The summed E-state index contributed by atoms with van der Waals surface area (Å²) in [5.41, 5.74) is 0.677. The number of aromatic nitrogens is 1. The fourth-order valence-electron chi connectivity index (χ4n) is 2.66. The first-order valence-electron chi connectivity index (χ1n) is 7.68. The number of hydrazine groups is 1. The minimum atomic E-state index is -3.27. The lowest BCUT2D eigenvalue weighted by Crippen LogP contribution is -2.45. The molecule has 0 aliphatic carbocycles. The monoisotopic (exact) mass is 363 g/mol. The second-order valence-corrected chi connectivity index (χ2v) is 7.78. The largest absolute Gasteiger partial charge is 0.351 e. The molecule has 0 bridgehead atoms. The molecular weight excluding hydrogens is 346 g/mol. The quantitative estimate of drug-likeness (QED) is 0.800. The Balaban J connectivity index is 1.71. The summed E-state index contributed by atoms with van der Waals surface area (Å²) in [6.07, 6.45) is 3.26. The Hall–Kier alpha value is -2.68. The van der Waals surface area contributed by atoms with Crippen LogP contribution in [0.15, 0.2) is 45.9 Å². The van der Waals surface area contributed by atoms with Crippen LogP contribution in [0.4, 0.5) is 0 Å². The van der Waals surface area contributed by atoms with E-state index in [1.165, 1.54) is 34.4 Å². The molecule has 0 radical (unpaired) electrons. The molecule has 9 heteroatoms. The van der Waals surface area contributed by atoms with Crippen molar-refractivity contribution in [2.45, 2.75) is 17.7 Å². The third-order valence-corrected chi connectivity index (χ3v) is 5.04. The summed E-state index contributed by atoms with van der Waals surface area (Å²) in [4.78, 5) is 25.1. The van der Waals surface area contributed by atoms with Crippen molar-refractivity contribution < 1.29 is 22.5 Å². The first-order valence-corrected chi connectivity index (χ1v) is 9.57. The van der Waals surface area contributed by atoms with Gasteiger partial charge in [-0.25, -0.2) is 13.4 Å². The van der Waals surface area contributed by atoms with Crippen LogP contribution in [0, 0.1) is 0 Å². The molecule has 1 fully saturated rings. The van der Waals surface area contributed by atoms with E-state index in [9.17, 15) is 18.0 Å². The maximum Gasteiger partial charge on any atom is 0.311 e. The highest BCUT2D eigenvalue weighted by Gasteiger charge is 2.32. The molecule has 3 rings (SSSR count). The molecule has 1 aromatic heterocycles. The highest BCUT2D eigenvalue weighted by Crippen LogP contribution is 2.17. The van der Waals surface area contributed by atoms with Gasteiger partial charge in [-0.1, -0.05) is 17.3 Å². The molecule has 1 aliphatic rings. The highest BCUT2D eigenvalue weighted by atomic mass is 32.2. The van der Waals surface area contributed by atoms with Crippen LogP contribution in [0.1, 0.15) is 22.5 Å². The fraction of sp³-hybridized carbons (Fsp3) is 0.312. The molecule has 132 valence electrons. The molecule has 2 amide bonds. The van der Waals surface area contributed by atoms with Crippen molar-refractivity contribution in [3.8, 4) is 0 Å². The van der Waals surface area contributed by atoms with Gasteiger partial charge < -0.3 is 4.52 Å². The molecule has 8 nitrogen and oxygen atoms in total. The summed E-state index contributed by atoms with van der Waals surface area (Å²) < 4.78 is 27.8. The minimum absolute atomic E-state index is 0.0736. The lowest BCUT2D eigenvalue weighted by atomic mass is 10.1. The summed E-state index contributed by atoms with van der Waals surface area (Å²) in [6.45, 7) is 0.873. The molecule has 2 aromatic rings. The van der Waals surface area contributed by atoms with Gasteiger partial charge in [-0.3, -0.25) is 14.6 Å². The van der Waals surface area contributed by atoms with E-state index in [1.54, 1.807) is 12.1 Å². The Bertz CT molecular complexity index is 875. The summed E-state index contributed by atoms with van der Waals surface area (Å²) in [5.74, 6) is -0.564. The third-order valence-electron chi connectivity index (χ3n) is 3.91. The molecule has 0 unspecified atom stereocenters. The van der Waals surface area contributed by atoms with Gasteiger partial charge in [-0.2, -0.15) is 0 Å². The number of carbonyl (C=O) groups excluding carboxylic acids is 2. The molecule has 0 N–H and O–H groups in total. The summed E-state index contributed by atoms with van der Waals surface area (Å²) in [7, 11) is -3.27. The van der Waals surface area contributed by atoms with Crippen LogP contribution < -0.4 is 0 Å². The standard InChI is InChI=1S/C16H17N3O5S/c1-25(22,23)13-5-3-12(4-6-13)11-15(20)18-9-2-10-19(18)16(21)14-7-8-17-24-14/h3-8H,2,9-11H2,1H3. The van der Waals surface area contributed by atoms with Gasteiger partial charge in [0.1, 0.15) is 0 Å². The second-order valence-electron chi connectivity index (χ2n) is 5.77. The van der Waals surface area contributed by atoms with Crippen LogP contribution in [0.25, 0.3) is 0 Å². The molecular formula is C16H17N3O5S. The van der Waals surface area contributed by atoms with Crippen LogP contribution in [-0.2, 0) is 21.1 Å². The van der Waals surface area contributed by atoms with Crippen molar-refractivity contribution in [2.75, 3.05) is 19.3 Å². The van der Waals surface area contributed by atoms with Crippen LogP contribution in [0.3, 0.4) is 0 Å². The first kappa shape index (κ1) is 17.2. The van der Waals surface area contributed by atoms with Gasteiger partial charge in [0.25, 0.3) is 0 Å². The van der Waals surface area contributed by atoms with E-state index in [0.717, 1.165) is 6.26 Å². The van der Waals surface area contributed by atoms with Crippen LogP contribution in [0.5, 0.6) is 0 Å². The lowest BCUT2D eigenvalue weighted by Gasteiger charge is -2.27. The van der Waals surface area contributed by atoms with Gasteiger partial charge in [-0.05, 0) is 24.1 Å². The van der Waals surface area contributed by atoms with E-state index in [-0.39, 0.29) is 23.0 Å². The van der Waals surface area contributed by atoms with Crippen molar-refractivity contribution in [2.24, 2.45) is 0 Å². The van der Waals surface area contributed by atoms with Crippen molar-refractivity contribution in [1.82, 2.24) is 15.2 Å². The van der Waals surface area contributed by atoms with Gasteiger partial charge in [0, 0.05) is 25.4 Å². The van der Waals surface area contributed by atoms with E-state index in [1.807, 2.05) is 0 Å². The SMILES string of the molecule is CS(=O)(=O)c1ccc(CC(=O)N2CCCN2C(=O)c2ccno2)cc1. The predicted molar refractivity (Wildman–Crippen MR) is 87.1 cm³/mol. The Kier molecular flexibility index (Phi) is 4.58. The van der Waals surface area contributed by atoms with E-state index in [2.05, 4.69) is 5.16 Å². The number of sulfone groups is 1. The van der Waals surface area contributed by atoms with Crippen molar-refractivity contribution in [3.05, 3.63) is 47.9 Å². The maximum absolute atomic E-state index is 12.5. The molecule has 0 saturated carbocycles. The number of nitrogens with zero attached hydrogens (tertiary/aromatic N) is 3. The van der Waals surface area contributed by atoms with E-state index in [0.29, 0.717) is 25.1 Å². The Morgan fingerprint density at radius 2 is 1.80 bits per heavy atom. The number of hydrogen-bond donors (Lipinski definition) is 0. The molecule has 25 heavy (non-hydrogen) atoms. The number of hydrogen-bond acceptors (Lipinski definition) is 6. The number of benzene rings is 1. The van der Waals surface area contributed by atoms with Crippen LogP contribution in [-0.4, -0.2) is 54.8 Å². The van der Waals surface area contributed by atoms with E-state index >= 15 is 0 Å². The fourth-order valence-corrected chi connectivity index (χ4v) is 3.29. The van der Waals surface area contributed by atoms with Gasteiger partial charge in [0.05, 0.1) is 17.5 Å². The molecule has 1 aromatic carbocycles. The highest BCUT2D eigenvalue weighted by molar-refractivity contribution is 7.90. The van der Waals surface area contributed by atoms with Crippen molar-refractivity contribution in [1.29, 1.82) is 0 Å². The van der Waals surface area contributed by atoms with Gasteiger partial charge in [0.2, 0.25) is 11.7 Å². The van der Waals surface area contributed by atoms with E-state index < -0.39 is 15.7 Å². The average Bonchev–Trinajstić information content (AvgIpc) is 3.25. The Morgan fingerprint density at radius 1 is 1.12 bits per heavy atom. The van der Waals surface area contributed by atoms with Crippen molar-refractivity contribution >= 4 is 21.7 Å². The summed E-state index contributed by atoms with van der Waals surface area (Å²) in [5, 5.41) is 6.26. The van der Waals surface area contributed by atoms with Gasteiger partial charge in [-0.15, -0.1) is 0 Å². The summed E-state index contributed by atoms with van der Waals surface area (Å²) >= 11 is 0. The zero-order valence-electron chi connectivity index (χ0n) is 13.6. The first-order chi connectivity index (χ1) is 11.9. The molecule has 0 atom stereocenters. The minimum Gasteiger partial charge on any atom is -0.351 e. The zero-order chi connectivity index (χ0) is 18.0. The number of rotatable bonds is 4. The lowest BCUT2D eigenvalue weighted by molar-refractivity contribution is -0.139. The van der Waals surface area contributed by atoms with Gasteiger partial charge >= 0.3 is 5.91 Å². The average molecular weight is 363 g/mol. The van der Waals surface area contributed by atoms with Crippen LogP contribution >= 0.6 is 0 Å². The van der Waals surface area contributed by atoms with E-state index in [4.69, 9.17) is 4.52 Å². The van der Waals surface area contributed by atoms with Crippen molar-refractivity contribution in [3.63, 3.8) is 0 Å². The van der Waals surface area contributed by atoms with Gasteiger partial charge in [0.15, 0.2) is 9.84 Å². The third kappa shape index (κ3) is 3.71. The summed E-state index contributed by atoms with van der Waals surface area (Å²) in [6, 6.07) is 7.60. The molecule has 2 heterocycles. The molecule has 1 aliphatic heterocycles. The zero-order valence-corrected chi connectivity index (χ0v) is 14.4. The smallest absolute Gasteiger partial charge is 0.311 e.